The molecule has 17 nitrogen and oxygen atoms in total. The van der Waals surface area contributed by atoms with Gasteiger partial charge in [0.2, 0.25) is 35.4 Å². The molecule has 5 aliphatic rings. The standard InChI is InChI=1S/C58H67FN6O11/c1-35-24-38-14-9-11-17-46(38)65(32-39-15-8-10-16-42(35)39)53(73)21-20-49(69)60-29-50(70)61-31-52(72)64-45(26-37-12-6-5-7-13-37)54(74)62-30-51(71)63-34-76-33-48(68)58(75)36(2)25-44-43-19-18-40-27-41(66)22-23-55(40,3)57(43,59)47(67)28-56(44,58)4/h5-17,22-24,27,36,43-45,47,67,75H,18-21,25-26,28-34H2,1-4H3,(H,60,69)(H,61,70)(H,62,74)(H,63,71)(H,64,72)/b35-24-/t36-,43+,44+,45+,47+,55+,56+,57+,58+/m1/s1. The number of anilines is 1. The Bertz CT molecular complexity index is 2890. The number of hydrogen-bond donors (Lipinski definition) is 7. The van der Waals surface area contributed by atoms with Crippen LogP contribution in [0.3, 0.4) is 0 Å². The number of halogens is 1. The zero-order valence-corrected chi connectivity index (χ0v) is 43.3. The number of carbonyl (C=O) groups is 8. The second kappa shape index (κ2) is 22.6. The molecule has 6 amide bonds. The summed E-state index contributed by atoms with van der Waals surface area (Å²) in [4.78, 5) is 106. The number of ketones is 2. The highest BCUT2D eigenvalue weighted by atomic mass is 19.1. The number of hydrogen-bond acceptors (Lipinski definition) is 11. The number of benzene rings is 3. The van der Waals surface area contributed by atoms with Crippen LogP contribution in [0, 0.1) is 28.6 Å². The molecule has 402 valence electrons. The number of aliphatic hydroxyl groups is 2. The summed E-state index contributed by atoms with van der Waals surface area (Å²) in [5.74, 6) is -6.33. The molecule has 3 aromatic rings. The maximum Gasteiger partial charge on any atom is 0.243 e. The summed E-state index contributed by atoms with van der Waals surface area (Å²) in [6, 6.07) is 23.0. The zero-order valence-electron chi connectivity index (χ0n) is 43.3. The average Bonchev–Trinajstić information content (AvgIpc) is 3.76. The van der Waals surface area contributed by atoms with Gasteiger partial charge in [0.1, 0.15) is 25.0 Å². The molecule has 9 atom stereocenters. The van der Waals surface area contributed by atoms with Crippen molar-refractivity contribution in [3.63, 3.8) is 0 Å². The summed E-state index contributed by atoms with van der Waals surface area (Å²) < 4.78 is 23.1. The van der Waals surface area contributed by atoms with Crippen LogP contribution >= 0.6 is 0 Å². The number of allylic oxidation sites excluding steroid dienone is 5. The number of nitrogens with zero attached hydrogens (tertiary/aromatic N) is 1. The zero-order chi connectivity index (χ0) is 54.6. The van der Waals surface area contributed by atoms with Crippen LogP contribution in [-0.2, 0) is 56.1 Å². The van der Waals surface area contributed by atoms with Gasteiger partial charge in [-0.3, -0.25) is 38.4 Å². The third-order valence-electron chi connectivity index (χ3n) is 16.7. The third-order valence-corrected chi connectivity index (χ3v) is 16.7. The van der Waals surface area contributed by atoms with E-state index in [1.54, 1.807) is 62.1 Å². The molecule has 1 heterocycles. The minimum atomic E-state index is -2.13. The van der Waals surface area contributed by atoms with E-state index in [4.69, 9.17) is 4.74 Å². The lowest BCUT2D eigenvalue weighted by molar-refractivity contribution is -0.220. The topological polar surface area (TPSA) is 250 Å². The maximum absolute atomic E-state index is 17.6. The van der Waals surface area contributed by atoms with Gasteiger partial charge in [-0.25, -0.2) is 4.39 Å². The summed E-state index contributed by atoms with van der Waals surface area (Å²) in [5, 5.41) is 36.3. The first-order chi connectivity index (χ1) is 36.2. The van der Waals surface area contributed by atoms with Crippen LogP contribution in [0.4, 0.5) is 10.1 Å². The highest BCUT2D eigenvalue weighted by molar-refractivity contribution is 6.02. The minimum Gasteiger partial charge on any atom is -0.390 e. The number of aliphatic hydroxyl groups excluding tert-OH is 1. The number of Topliss-reactive ketones (excluding diaryl/α,β-unsaturated/α-hetero) is 1. The fourth-order valence-corrected chi connectivity index (χ4v) is 12.7. The number of fused-ring (bicyclic) bond motifs is 7. The molecular weight excluding hydrogens is 976 g/mol. The molecule has 18 heteroatoms. The summed E-state index contributed by atoms with van der Waals surface area (Å²) >= 11 is 0. The van der Waals surface area contributed by atoms with E-state index in [0.29, 0.717) is 36.9 Å². The molecule has 7 N–H and O–H groups in total. The van der Waals surface area contributed by atoms with Crippen molar-refractivity contribution < 1.29 is 57.7 Å². The van der Waals surface area contributed by atoms with Crippen molar-refractivity contribution in [2.45, 2.75) is 103 Å². The van der Waals surface area contributed by atoms with Gasteiger partial charge in [0.25, 0.3) is 0 Å². The van der Waals surface area contributed by atoms with Gasteiger partial charge in [0.15, 0.2) is 17.2 Å². The van der Waals surface area contributed by atoms with E-state index in [0.717, 1.165) is 28.0 Å². The molecule has 3 fully saturated rings. The molecule has 1 aliphatic heterocycles. The van der Waals surface area contributed by atoms with Crippen molar-refractivity contribution in [3.05, 3.63) is 125 Å². The van der Waals surface area contributed by atoms with E-state index in [2.05, 4.69) is 26.6 Å². The fourth-order valence-electron chi connectivity index (χ4n) is 12.7. The average molecular weight is 1040 g/mol. The van der Waals surface area contributed by atoms with Crippen LogP contribution in [0.2, 0.25) is 0 Å². The van der Waals surface area contributed by atoms with Crippen molar-refractivity contribution in [1.29, 1.82) is 0 Å². The number of nitrogens with one attached hydrogen (secondary N) is 5. The fraction of sp³-hybridized carbons (Fsp3) is 0.448. The van der Waals surface area contributed by atoms with Gasteiger partial charge in [-0.15, -0.1) is 0 Å². The molecule has 76 heavy (non-hydrogen) atoms. The molecule has 3 saturated carbocycles. The largest absolute Gasteiger partial charge is 0.390 e. The van der Waals surface area contributed by atoms with Gasteiger partial charge in [-0.1, -0.05) is 98.3 Å². The van der Waals surface area contributed by atoms with Gasteiger partial charge in [-0.05, 0) is 103 Å². The van der Waals surface area contributed by atoms with Gasteiger partial charge in [0.05, 0.1) is 38.0 Å². The van der Waals surface area contributed by atoms with E-state index in [1.807, 2.05) is 61.5 Å². The van der Waals surface area contributed by atoms with E-state index < -0.39 is 120 Å². The molecular formula is C58H67FN6O11. The summed E-state index contributed by atoms with van der Waals surface area (Å²) in [5.41, 5.74) is -0.586. The molecule has 8 rings (SSSR count). The van der Waals surface area contributed by atoms with E-state index >= 15 is 4.39 Å². The Labute approximate surface area is 441 Å². The van der Waals surface area contributed by atoms with Crippen LogP contribution in [0.1, 0.15) is 88.5 Å². The lowest BCUT2D eigenvalue weighted by Gasteiger charge is -2.62. The van der Waals surface area contributed by atoms with Crippen LogP contribution < -0.4 is 31.5 Å². The van der Waals surface area contributed by atoms with Crippen molar-refractivity contribution >= 4 is 64.3 Å². The first-order valence-electron chi connectivity index (χ1n) is 25.9. The Kier molecular flexibility index (Phi) is 16.4. The second-order valence-corrected chi connectivity index (χ2v) is 21.3. The van der Waals surface area contributed by atoms with Crippen LogP contribution in [0.15, 0.2) is 103 Å². The minimum absolute atomic E-state index is 0.0283. The first kappa shape index (κ1) is 55.1. The highest BCUT2D eigenvalue weighted by Gasteiger charge is 2.75. The second-order valence-electron chi connectivity index (χ2n) is 21.3. The van der Waals surface area contributed by atoms with Gasteiger partial charge in [-0.2, -0.15) is 0 Å². The van der Waals surface area contributed by atoms with E-state index in [1.165, 1.54) is 12.2 Å². The molecule has 0 unspecified atom stereocenters. The molecule has 3 aromatic carbocycles. The summed E-state index contributed by atoms with van der Waals surface area (Å²) in [6.45, 7) is 4.85. The maximum atomic E-state index is 17.6. The molecule has 0 bridgehead atoms. The summed E-state index contributed by atoms with van der Waals surface area (Å²) in [6.07, 6.45) is 5.45. The Balaban J connectivity index is 0.773. The lowest BCUT2D eigenvalue weighted by atomic mass is 9.44. The number of carbonyl (C=O) groups excluding carboxylic acids is 8. The lowest BCUT2D eigenvalue weighted by Crippen LogP contribution is -2.69. The smallest absolute Gasteiger partial charge is 0.243 e. The van der Waals surface area contributed by atoms with Crippen molar-refractivity contribution in [1.82, 2.24) is 26.6 Å². The Morgan fingerprint density at radius 1 is 0.816 bits per heavy atom. The Morgan fingerprint density at radius 3 is 2.26 bits per heavy atom. The molecule has 0 radical (unpaired) electrons. The molecule has 0 aromatic heterocycles. The van der Waals surface area contributed by atoms with Crippen molar-refractivity contribution in [2.24, 2.45) is 28.6 Å². The van der Waals surface area contributed by atoms with Gasteiger partial charge in [0, 0.05) is 36.0 Å². The number of alkyl halides is 1. The van der Waals surface area contributed by atoms with Gasteiger partial charge >= 0.3 is 0 Å². The monoisotopic (exact) mass is 1040 g/mol. The first-order valence-corrected chi connectivity index (χ1v) is 25.9. The number of rotatable bonds is 18. The van der Waals surface area contributed by atoms with Crippen LogP contribution in [-0.4, -0.2) is 114 Å². The van der Waals surface area contributed by atoms with Crippen molar-refractivity contribution in [2.75, 3.05) is 37.9 Å². The molecule has 4 aliphatic carbocycles. The van der Waals surface area contributed by atoms with E-state index in [-0.39, 0.29) is 37.4 Å². The summed E-state index contributed by atoms with van der Waals surface area (Å²) in [7, 11) is 0. The normalized spacial score (nSPS) is 28.1. The van der Waals surface area contributed by atoms with Crippen LogP contribution in [0.25, 0.3) is 11.6 Å². The van der Waals surface area contributed by atoms with Crippen molar-refractivity contribution in [3.8, 4) is 0 Å². The Hall–Kier alpha value is -7.15. The molecule has 0 saturated heterocycles. The molecule has 0 spiro atoms. The highest BCUT2D eigenvalue weighted by Crippen LogP contribution is 2.70. The van der Waals surface area contributed by atoms with E-state index in [9.17, 15) is 48.6 Å². The van der Waals surface area contributed by atoms with Crippen LogP contribution in [0.5, 0.6) is 0 Å². The number of amides is 6. The predicted octanol–water partition coefficient (Wildman–Crippen LogP) is 3.96. The SMILES string of the molecule is C/C1=C/c2ccccc2N(C(=O)CCC(=O)NCC(=O)NCC(=O)N[C@@H](Cc2ccccc2)C(=O)NCC(=O)NCOCC(=O)[C@@]2(O)[C@H](C)C[C@H]3[C@@H]4CCC5=CC(=O)C=C[C@]5(C)[C@@]4(F)[C@@H](O)C[C@@]32C)Cc2ccccc21. The number of para-hydroxylation sites is 1. The third kappa shape index (κ3) is 10.8. The Morgan fingerprint density at radius 2 is 1.49 bits per heavy atom. The predicted molar refractivity (Wildman–Crippen MR) is 280 cm³/mol. The van der Waals surface area contributed by atoms with Gasteiger partial charge < -0.3 is 46.4 Å². The number of ether oxygens (including phenoxy) is 1. The quantitative estimate of drug-likeness (QED) is 0.0710.